The summed E-state index contributed by atoms with van der Waals surface area (Å²) in [6, 6.07) is 7.93. The Hall–Kier alpha value is -0.850. The molecule has 0 saturated carbocycles. The van der Waals surface area contributed by atoms with Crippen molar-refractivity contribution in [2.75, 3.05) is 12.3 Å². The molecule has 0 aliphatic heterocycles. The summed E-state index contributed by atoms with van der Waals surface area (Å²) < 4.78 is 1.05. The molecule has 1 aromatic heterocycles. The summed E-state index contributed by atoms with van der Waals surface area (Å²) in [5, 5.41) is 7.76. The summed E-state index contributed by atoms with van der Waals surface area (Å²) in [5.41, 5.74) is 6.44. The molecule has 3 N–H and O–H groups in total. The molecular weight excluding hydrogens is 288 g/mol. The molecule has 1 aromatic carbocycles. The topological polar surface area (TPSA) is 67.6 Å². The predicted molar refractivity (Wildman–Crippen MR) is 69.3 cm³/mol. The normalized spacial score (nSPS) is 10.6. The van der Waals surface area contributed by atoms with E-state index >= 15 is 0 Å². The van der Waals surface area contributed by atoms with Crippen molar-refractivity contribution in [3.63, 3.8) is 0 Å². The van der Waals surface area contributed by atoms with Gasteiger partial charge in [0, 0.05) is 22.3 Å². The zero-order chi connectivity index (χ0) is 11.4. The number of nitrogens with two attached hydrogens (primary N) is 1. The minimum atomic E-state index is 0.632. The lowest BCUT2D eigenvalue weighted by molar-refractivity contribution is 0.971. The van der Waals surface area contributed by atoms with E-state index in [9.17, 15) is 0 Å². The van der Waals surface area contributed by atoms with Crippen molar-refractivity contribution in [2.24, 2.45) is 5.73 Å². The van der Waals surface area contributed by atoms with E-state index in [1.54, 1.807) is 11.8 Å². The molecule has 2 rings (SSSR count). The van der Waals surface area contributed by atoms with Crippen LogP contribution in [0, 0.1) is 0 Å². The third kappa shape index (κ3) is 2.84. The Balaban J connectivity index is 2.15. The molecule has 0 aliphatic rings. The molecule has 0 saturated heterocycles. The number of hydrogen-bond donors (Lipinski definition) is 2. The second kappa shape index (κ2) is 5.47. The van der Waals surface area contributed by atoms with Crippen LogP contribution in [0.1, 0.15) is 0 Å². The van der Waals surface area contributed by atoms with Crippen LogP contribution in [0.15, 0.2) is 33.9 Å². The van der Waals surface area contributed by atoms with Crippen LogP contribution in [0.3, 0.4) is 0 Å². The monoisotopic (exact) mass is 298 g/mol. The van der Waals surface area contributed by atoms with Crippen molar-refractivity contribution in [2.45, 2.75) is 5.16 Å². The Bertz CT molecular complexity index is 454. The summed E-state index contributed by atoms with van der Waals surface area (Å²) in [6.45, 7) is 0.632. The van der Waals surface area contributed by atoms with Gasteiger partial charge in [0.2, 0.25) is 5.16 Å². The summed E-state index contributed by atoms with van der Waals surface area (Å²) in [6.07, 6.45) is 0. The Morgan fingerprint density at radius 2 is 2.06 bits per heavy atom. The number of H-pyrrole nitrogens is 1. The molecule has 0 spiro atoms. The molecule has 16 heavy (non-hydrogen) atoms. The van der Waals surface area contributed by atoms with Crippen LogP contribution in [0.2, 0.25) is 0 Å². The molecule has 0 bridgehead atoms. The molecule has 0 amide bonds. The lowest BCUT2D eigenvalue weighted by Gasteiger charge is -1.95. The van der Waals surface area contributed by atoms with Crippen molar-refractivity contribution < 1.29 is 0 Å². The molecular formula is C10H11BrN4S. The number of rotatable bonds is 4. The number of nitrogens with zero attached hydrogens (tertiary/aromatic N) is 2. The first kappa shape index (κ1) is 11.6. The van der Waals surface area contributed by atoms with Crippen LogP contribution >= 0.6 is 27.7 Å². The van der Waals surface area contributed by atoms with Crippen LogP contribution in [0.4, 0.5) is 0 Å². The molecule has 4 nitrogen and oxygen atoms in total. The zero-order valence-electron chi connectivity index (χ0n) is 8.48. The minimum Gasteiger partial charge on any atom is -0.330 e. The molecule has 0 atom stereocenters. The standard InChI is InChI=1S/C10H11BrN4S/c11-8-3-1-7(2-4-8)9-13-10(15-14-9)16-6-5-12/h1-4H,5-6,12H2,(H,13,14,15). The Kier molecular flexibility index (Phi) is 3.98. The van der Waals surface area contributed by atoms with E-state index < -0.39 is 0 Å². The van der Waals surface area contributed by atoms with Crippen LogP contribution in [-0.4, -0.2) is 27.5 Å². The first-order chi connectivity index (χ1) is 7.79. The second-order valence-electron chi connectivity index (χ2n) is 3.11. The number of thioether (sulfide) groups is 1. The summed E-state index contributed by atoms with van der Waals surface area (Å²) in [7, 11) is 0. The fourth-order valence-electron chi connectivity index (χ4n) is 1.20. The maximum atomic E-state index is 5.42. The highest BCUT2D eigenvalue weighted by Crippen LogP contribution is 2.20. The van der Waals surface area contributed by atoms with Gasteiger partial charge in [0.25, 0.3) is 0 Å². The molecule has 0 fully saturated rings. The van der Waals surface area contributed by atoms with Crippen LogP contribution in [0.25, 0.3) is 11.4 Å². The van der Waals surface area contributed by atoms with E-state index in [1.165, 1.54) is 0 Å². The third-order valence-electron chi connectivity index (χ3n) is 1.93. The molecule has 1 heterocycles. The van der Waals surface area contributed by atoms with E-state index in [2.05, 4.69) is 31.1 Å². The highest BCUT2D eigenvalue weighted by molar-refractivity contribution is 9.10. The number of benzene rings is 1. The van der Waals surface area contributed by atoms with Gasteiger partial charge in [0.1, 0.15) is 0 Å². The fourth-order valence-corrected chi connectivity index (χ4v) is 2.03. The van der Waals surface area contributed by atoms with Crippen LogP contribution in [-0.2, 0) is 0 Å². The second-order valence-corrected chi connectivity index (χ2v) is 5.09. The van der Waals surface area contributed by atoms with Gasteiger partial charge in [-0.3, -0.25) is 5.10 Å². The van der Waals surface area contributed by atoms with Crippen molar-refractivity contribution in [1.29, 1.82) is 0 Å². The lowest BCUT2D eigenvalue weighted by atomic mass is 10.2. The third-order valence-corrected chi connectivity index (χ3v) is 3.34. The molecule has 0 unspecified atom stereocenters. The Morgan fingerprint density at radius 1 is 1.31 bits per heavy atom. The van der Waals surface area contributed by atoms with Gasteiger partial charge in [0.05, 0.1) is 0 Å². The summed E-state index contributed by atoms with van der Waals surface area (Å²) in [5.74, 6) is 1.62. The van der Waals surface area contributed by atoms with E-state index in [1.807, 2.05) is 24.3 Å². The first-order valence-corrected chi connectivity index (χ1v) is 6.58. The number of nitrogens with one attached hydrogen (secondary N) is 1. The molecule has 2 aromatic rings. The van der Waals surface area contributed by atoms with Crippen molar-refractivity contribution in [1.82, 2.24) is 15.2 Å². The van der Waals surface area contributed by atoms with Crippen molar-refractivity contribution >= 4 is 27.7 Å². The highest BCUT2D eigenvalue weighted by atomic mass is 79.9. The number of aromatic nitrogens is 3. The number of aromatic amines is 1. The van der Waals surface area contributed by atoms with E-state index in [0.717, 1.165) is 26.8 Å². The smallest absolute Gasteiger partial charge is 0.208 e. The average Bonchev–Trinajstić information content (AvgIpc) is 2.76. The quantitative estimate of drug-likeness (QED) is 0.850. The van der Waals surface area contributed by atoms with Crippen LogP contribution < -0.4 is 5.73 Å². The largest absolute Gasteiger partial charge is 0.330 e. The predicted octanol–water partition coefficient (Wildman–Crippen LogP) is 2.29. The van der Waals surface area contributed by atoms with Crippen molar-refractivity contribution in [3.05, 3.63) is 28.7 Å². The average molecular weight is 299 g/mol. The molecule has 0 aliphatic carbocycles. The number of hydrogen-bond acceptors (Lipinski definition) is 4. The van der Waals surface area contributed by atoms with Gasteiger partial charge in [0.15, 0.2) is 5.82 Å². The Labute approximate surface area is 106 Å². The van der Waals surface area contributed by atoms with Crippen molar-refractivity contribution in [3.8, 4) is 11.4 Å². The maximum absolute atomic E-state index is 5.42. The van der Waals surface area contributed by atoms with Gasteiger partial charge >= 0.3 is 0 Å². The summed E-state index contributed by atoms with van der Waals surface area (Å²) in [4.78, 5) is 4.37. The lowest BCUT2D eigenvalue weighted by Crippen LogP contribution is -2.01. The van der Waals surface area contributed by atoms with E-state index in [-0.39, 0.29) is 0 Å². The van der Waals surface area contributed by atoms with Gasteiger partial charge in [-0.05, 0) is 12.1 Å². The molecule has 0 radical (unpaired) electrons. The van der Waals surface area contributed by atoms with Gasteiger partial charge in [-0.1, -0.05) is 39.8 Å². The van der Waals surface area contributed by atoms with Gasteiger partial charge in [-0.25, -0.2) is 4.98 Å². The van der Waals surface area contributed by atoms with Gasteiger partial charge in [-0.2, -0.15) is 0 Å². The zero-order valence-corrected chi connectivity index (χ0v) is 10.9. The maximum Gasteiger partial charge on any atom is 0.208 e. The number of halogens is 1. The highest BCUT2D eigenvalue weighted by Gasteiger charge is 2.05. The Morgan fingerprint density at radius 3 is 2.75 bits per heavy atom. The van der Waals surface area contributed by atoms with E-state index in [4.69, 9.17) is 5.73 Å². The van der Waals surface area contributed by atoms with Gasteiger partial charge in [-0.15, -0.1) is 5.10 Å². The molecule has 6 heteroatoms. The van der Waals surface area contributed by atoms with Gasteiger partial charge < -0.3 is 5.73 Å². The van der Waals surface area contributed by atoms with E-state index in [0.29, 0.717) is 6.54 Å². The minimum absolute atomic E-state index is 0.632. The van der Waals surface area contributed by atoms with Crippen LogP contribution in [0.5, 0.6) is 0 Å². The summed E-state index contributed by atoms with van der Waals surface area (Å²) >= 11 is 4.94. The molecule has 84 valence electrons. The first-order valence-electron chi connectivity index (χ1n) is 4.81. The fraction of sp³-hybridized carbons (Fsp3) is 0.200. The SMILES string of the molecule is NCCSc1n[nH]c(-c2ccc(Br)cc2)n1.